The first-order chi connectivity index (χ1) is 5.75. The lowest BCUT2D eigenvalue weighted by molar-refractivity contribution is 0.439. The second-order valence-corrected chi connectivity index (χ2v) is 3.81. The third-order valence-corrected chi connectivity index (χ3v) is 2.54. The monoisotopic (exact) mass is 180 g/mol. The smallest absolute Gasteiger partial charge is 0.222 e. The number of rotatable bonds is 1. The first-order valence-electron chi connectivity index (χ1n) is 3.55. The number of nitrogens with zero attached hydrogens (tertiary/aromatic N) is 1. The van der Waals surface area contributed by atoms with Crippen LogP contribution >= 0.6 is 11.3 Å². The van der Waals surface area contributed by atoms with E-state index in [1.54, 1.807) is 17.4 Å². The summed E-state index contributed by atoms with van der Waals surface area (Å²) in [6, 6.07) is 5.79. The zero-order valence-corrected chi connectivity index (χ0v) is 7.39. The minimum absolute atomic E-state index is 0.357. The summed E-state index contributed by atoms with van der Waals surface area (Å²) in [5.41, 5.74) is 6.21. The lowest BCUT2D eigenvalue weighted by Gasteiger charge is -1.83. The molecule has 0 unspecified atom stereocenters. The van der Waals surface area contributed by atoms with Crippen LogP contribution < -0.4 is 5.73 Å². The van der Waals surface area contributed by atoms with Crippen LogP contribution in [0.2, 0.25) is 0 Å². The fourth-order valence-corrected chi connectivity index (χ4v) is 1.80. The maximum absolute atomic E-state index is 5.40. The van der Waals surface area contributed by atoms with Gasteiger partial charge in [-0.25, -0.2) is 0 Å². The first kappa shape index (κ1) is 7.36. The SMILES string of the molecule is Cc1ccc(-c2cc(N)on2)s1. The summed E-state index contributed by atoms with van der Waals surface area (Å²) in [6.07, 6.45) is 0. The van der Waals surface area contributed by atoms with Gasteiger partial charge < -0.3 is 10.3 Å². The maximum atomic E-state index is 5.40. The van der Waals surface area contributed by atoms with Gasteiger partial charge in [0.15, 0.2) is 0 Å². The maximum Gasteiger partial charge on any atom is 0.222 e. The highest BCUT2D eigenvalue weighted by atomic mass is 32.1. The van der Waals surface area contributed by atoms with Crippen LogP contribution in [0, 0.1) is 6.92 Å². The molecule has 0 aliphatic carbocycles. The van der Waals surface area contributed by atoms with Gasteiger partial charge in [0.05, 0.1) is 4.88 Å². The minimum atomic E-state index is 0.357. The van der Waals surface area contributed by atoms with Crippen molar-refractivity contribution in [3.8, 4) is 10.6 Å². The number of thiophene rings is 1. The molecule has 0 atom stereocenters. The average molecular weight is 180 g/mol. The van der Waals surface area contributed by atoms with Gasteiger partial charge in [-0.15, -0.1) is 11.3 Å². The van der Waals surface area contributed by atoms with E-state index in [0.29, 0.717) is 5.88 Å². The van der Waals surface area contributed by atoms with E-state index in [2.05, 4.69) is 12.1 Å². The Morgan fingerprint density at radius 2 is 2.33 bits per heavy atom. The fourth-order valence-electron chi connectivity index (χ4n) is 0.978. The van der Waals surface area contributed by atoms with Crippen molar-refractivity contribution in [2.45, 2.75) is 6.92 Å². The number of nitrogen functional groups attached to an aromatic ring is 1. The van der Waals surface area contributed by atoms with Crippen LogP contribution in [0.15, 0.2) is 22.7 Å². The molecule has 0 saturated heterocycles. The molecule has 3 nitrogen and oxygen atoms in total. The Hall–Kier alpha value is -1.29. The molecule has 12 heavy (non-hydrogen) atoms. The Bertz CT molecular complexity index is 353. The van der Waals surface area contributed by atoms with Gasteiger partial charge in [-0.05, 0) is 19.1 Å². The number of aromatic nitrogens is 1. The number of anilines is 1. The number of nitrogens with two attached hydrogens (primary N) is 1. The first-order valence-corrected chi connectivity index (χ1v) is 4.36. The molecule has 0 fully saturated rings. The zero-order valence-electron chi connectivity index (χ0n) is 6.57. The topological polar surface area (TPSA) is 52.0 Å². The van der Waals surface area contributed by atoms with Crippen LogP contribution in [0.3, 0.4) is 0 Å². The number of aryl methyl sites for hydroxylation is 1. The van der Waals surface area contributed by atoms with Gasteiger partial charge in [-0.1, -0.05) is 5.16 Å². The van der Waals surface area contributed by atoms with Crippen LogP contribution in [0.1, 0.15) is 4.88 Å². The van der Waals surface area contributed by atoms with Crippen molar-refractivity contribution in [3.63, 3.8) is 0 Å². The van der Waals surface area contributed by atoms with Crippen molar-refractivity contribution in [1.82, 2.24) is 5.16 Å². The van der Waals surface area contributed by atoms with E-state index < -0.39 is 0 Å². The molecular formula is C8H8N2OS. The summed E-state index contributed by atoms with van der Waals surface area (Å²) in [7, 11) is 0. The van der Waals surface area contributed by atoms with Gasteiger partial charge in [-0.3, -0.25) is 0 Å². The summed E-state index contributed by atoms with van der Waals surface area (Å²) in [5, 5.41) is 3.81. The molecule has 2 heterocycles. The lowest BCUT2D eigenvalue weighted by atomic mass is 10.3. The predicted molar refractivity (Wildman–Crippen MR) is 49.0 cm³/mol. The fraction of sp³-hybridized carbons (Fsp3) is 0.125. The molecule has 0 aliphatic heterocycles. The average Bonchev–Trinajstić information content (AvgIpc) is 2.58. The second-order valence-electron chi connectivity index (χ2n) is 2.52. The molecule has 4 heteroatoms. The summed E-state index contributed by atoms with van der Waals surface area (Å²) < 4.78 is 4.76. The predicted octanol–water partition coefficient (Wildman–Crippen LogP) is 2.29. The van der Waals surface area contributed by atoms with E-state index >= 15 is 0 Å². The molecule has 0 aliphatic rings. The van der Waals surface area contributed by atoms with Crippen molar-refractivity contribution in [2.24, 2.45) is 0 Å². The van der Waals surface area contributed by atoms with Crippen LogP contribution in [0.4, 0.5) is 5.88 Å². The Labute approximate surface area is 73.8 Å². The molecule has 0 amide bonds. The highest BCUT2D eigenvalue weighted by molar-refractivity contribution is 7.15. The molecule has 2 N–H and O–H groups in total. The summed E-state index contributed by atoms with van der Waals surface area (Å²) in [6.45, 7) is 2.05. The molecule has 2 aromatic rings. The summed E-state index contributed by atoms with van der Waals surface area (Å²) in [5.74, 6) is 0.357. The molecule has 2 aromatic heterocycles. The number of hydrogen-bond acceptors (Lipinski definition) is 4. The zero-order chi connectivity index (χ0) is 8.55. The quantitative estimate of drug-likeness (QED) is 0.732. The molecular weight excluding hydrogens is 172 g/mol. The van der Waals surface area contributed by atoms with Crippen molar-refractivity contribution < 1.29 is 4.52 Å². The van der Waals surface area contributed by atoms with Gasteiger partial charge in [0.25, 0.3) is 0 Å². The summed E-state index contributed by atoms with van der Waals surface area (Å²) in [4.78, 5) is 2.35. The van der Waals surface area contributed by atoms with Crippen LogP contribution in [-0.4, -0.2) is 5.16 Å². The van der Waals surface area contributed by atoms with E-state index in [1.807, 2.05) is 12.1 Å². The van der Waals surface area contributed by atoms with Crippen molar-refractivity contribution in [2.75, 3.05) is 5.73 Å². The van der Waals surface area contributed by atoms with E-state index in [-0.39, 0.29) is 0 Å². The number of hydrogen-bond donors (Lipinski definition) is 1. The van der Waals surface area contributed by atoms with Gasteiger partial charge >= 0.3 is 0 Å². The van der Waals surface area contributed by atoms with Gasteiger partial charge in [0.2, 0.25) is 5.88 Å². The van der Waals surface area contributed by atoms with E-state index in [4.69, 9.17) is 10.3 Å². The van der Waals surface area contributed by atoms with Gasteiger partial charge in [0, 0.05) is 10.9 Å². The van der Waals surface area contributed by atoms with Crippen LogP contribution in [-0.2, 0) is 0 Å². The minimum Gasteiger partial charge on any atom is -0.368 e. The van der Waals surface area contributed by atoms with Crippen molar-refractivity contribution in [3.05, 3.63) is 23.1 Å². The summed E-state index contributed by atoms with van der Waals surface area (Å²) >= 11 is 1.68. The molecule has 0 saturated carbocycles. The third kappa shape index (κ3) is 1.21. The molecule has 2 rings (SSSR count). The Balaban J connectivity index is 2.43. The Kier molecular flexibility index (Phi) is 1.62. The van der Waals surface area contributed by atoms with Gasteiger partial charge in [0.1, 0.15) is 5.69 Å². The van der Waals surface area contributed by atoms with Crippen LogP contribution in [0.25, 0.3) is 10.6 Å². The standard InChI is InChI=1S/C8H8N2OS/c1-5-2-3-7(12-5)6-4-8(9)11-10-6/h2-4H,9H2,1H3. The Morgan fingerprint density at radius 1 is 1.50 bits per heavy atom. The largest absolute Gasteiger partial charge is 0.368 e. The highest BCUT2D eigenvalue weighted by Crippen LogP contribution is 2.27. The van der Waals surface area contributed by atoms with E-state index in [9.17, 15) is 0 Å². The van der Waals surface area contributed by atoms with E-state index in [1.165, 1.54) is 4.88 Å². The molecule has 0 aromatic carbocycles. The highest BCUT2D eigenvalue weighted by Gasteiger charge is 2.05. The molecule has 0 radical (unpaired) electrons. The molecule has 0 spiro atoms. The second kappa shape index (κ2) is 2.64. The third-order valence-electron chi connectivity index (χ3n) is 1.52. The lowest BCUT2D eigenvalue weighted by Crippen LogP contribution is -1.75. The normalized spacial score (nSPS) is 10.4. The van der Waals surface area contributed by atoms with Crippen molar-refractivity contribution in [1.29, 1.82) is 0 Å². The molecule has 0 bridgehead atoms. The van der Waals surface area contributed by atoms with E-state index in [0.717, 1.165) is 10.6 Å². The van der Waals surface area contributed by atoms with Crippen molar-refractivity contribution >= 4 is 17.2 Å². The van der Waals surface area contributed by atoms with Gasteiger partial charge in [-0.2, -0.15) is 0 Å². The Morgan fingerprint density at radius 3 is 2.83 bits per heavy atom. The molecule has 62 valence electrons. The van der Waals surface area contributed by atoms with Crippen LogP contribution in [0.5, 0.6) is 0 Å².